The molecule has 0 aromatic carbocycles. The molecule has 2 rings (SSSR count). The predicted octanol–water partition coefficient (Wildman–Crippen LogP) is 3.15. The van der Waals surface area contributed by atoms with Crippen LogP contribution in [-0.2, 0) is 4.74 Å². The monoisotopic (exact) mass is 369 g/mol. The standard InChI is InChI=1S/C18H28ClN3O3/c1-18(2,3)25-17(24)21-15(13-4-5-16(19)20-12-13)8-11-22-9-6-14(23)7-10-22/h4-5,12,14-15,23H,6-11H2,1-3H3,(H,21,24)/t15-/m1/s1. The fourth-order valence-electron chi connectivity index (χ4n) is 2.82. The number of carbonyl (C=O) groups excluding carboxylic acids is 1. The lowest BCUT2D eigenvalue weighted by molar-refractivity contribution is 0.0491. The van der Waals surface area contributed by atoms with Gasteiger partial charge in [0, 0.05) is 25.8 Å². The molecular weight excluding hydrogens is 342 g/mol. The van der Waals surface area contributed by atoms with E-state index in [1.165, 1.54) is 0 Å². The van der Waals surface area contributed by atoms with Gasteiger partial charge in [0.25, 0.3) is 0 Å². The van der Waals surface area contributed by atoms with Gasteiger partial charge in [0.1, 0.15) is 10.8 Å². The Labute approximate surface area is 154 Å². The van der Waals surface area contributed by atoms with Crippen LogP contribution in [0.15, 0.2) is 18.3 Å². The number of alkyl carbamates (subject to hydrolysis) is 1. The highest BCUT2D eigenvalue weighted by Gasteiger charge is 2.23. The van der Waals surface area contributed by atoms with Crippen LogP contribution in [0.25, 0.3) is 0 Å². The zero-order chi connectivity index (χ0) is 18.4. The lowest BCUT2D eigenvalue weighted by Crippen LogP contribution is -2.39. The van der Waals surface area contributed by atoms with Gasteiger partial charge in [-0.2, -0.15) is 0 Å². The Balaban J connectivity index is 1.98. The number of carbonyl (C=O) groups is 1. The molecule has 1 aromatic rings. The van der Waals surface area contributed by atoms with Crippen molar-refractivity contribution in [1.29, 1.82) is 0 Å². The third-order valence-electron chi connectivity index (χ3n) is 4.13. The van der Waals surface area contributed by atoms with E-state index in [2.05, 4.69) is 15.2 Å². The third-order valence-corrected chi connectivity index (χ3v) is 4.36. The summed E-state index contributed by atoms with van der Waals surface area (Å²) in [6.07, 6.45) is 3.39. The molecule has 0 unspecified atom stereocenters. The quantitative estimate of drug-likeness (QED) is 0.780. The third kappa shape index (κ3) is 7.18. The summed E-state index contributed by atoms with van der Waals surface area (Å²) in [5.41, 5.74) is 0.350. The van der Waals surface area contributed by atoms with E-state index in [4.69, 9.17) is 16.3 Å². The number of aliphatic hydroxyl groups is 1. The van der Waals surface area contributed by atoms with Gasteiger partial charge in [-0.3, -0.25) is 0 Å². The van der Waals surface area contributed by atoms with Crippen molar-refractivity contribution in [3.63, 3.8) is 0 Å². The van der Waals surface area contributed by atoms with Gasteiger partial charge in [-0.15, -0.1) is 0 Å². The van der Waals surface area contributed by atoms with Crippen LogP contribution < -0.4 is 5.32 Å². The predicted molar refractivity (Wildman–Crippen MR) is 97.7 cm³/mol. The molecular formula is C18H28ClN3O3. The van der Waals surface area contributed by atoms with Crippen molar-refractivity contribution < 1.29 is 14.6 Å². The Morgan fingerprint density at radius 1 is 1.44 bits per heavy atom. The van der Waals surface area contributed by atoms with E-state index in [1.54, 1.807) is 12.3 Å². The lowest BCUT2D eigenvalue weighted by Gasteiger charge is -2.31. The van der Waals surface area contributed by atoms with Crippen LogP contribution in [-0.4, -0.2) is 52.4 Å². The summed E-state index contributed by atoms with van der Waals surface area (Å²) in [5, 5.41) is 13.0. The highest BCUT2D eigenvalue weighted by atomic mass is 35.5. The molecule has 0 radical (unpaired) electrons. The Kier molecular flexibility index (Phi) is 7.04. The number of nitrogens with zero attached hydrogens (tertiary/aromatic N) is 2. The maximum Gasteiger partial charge on any atom is 0.408 e. The van der Waals surface area contributed by atoms with Crippen molar-refractivity contribution >= 4 is 17.7 Å². The average molecular weight is 370 g/mol. The zero-order valence-electron chi connectivity index (χ0n) is 15.2. The first-order valence-electron chi connectivity index (χ1n) is 8.74. The molecule has 1 saturated heterocycles. The van der Waals surface area contributed by atoms with Gasteiger partial charge < -0.3 is 20.1 Å². The highest BCUT2D eigenvalue weighted by molar-refractivity contribution is 6.29. The Bertz CT molecular complexity index is 552. The molecule has 0 spiro atoms. The molecule has 1 amide bonds. The number of likely N-dealkylation sites (tertiary alicyclic amines) is 1. The molecule has 7 heteroatoms. The summed E-state index contributed by atoms with van der Waals surface area (Å²) in [7, 11) is 0. The topological polar surface area (TPSA) is 74.7 Å². The maximum atomic E-state index is 12.2. The second-order valence-electron chi connectivity index (χ2n) is 7.47. The molecule has 0 bridgehead atoms. The second-order valence-corrected chi connectivity index (χ2v) is 7.86. The van der Waals surface area contributed by atoms with Gasteiger partial charge in [0.05, 0.1) is 12.1 Å². The first kappa shape index (κ1) is 19.9. The van der Waals surface area contributed by atoms with Crippen molar-refractivity contribution in [3.05, 3.63) is 29.0 Å². The average Bonchev–Trinajstić information content (AvgIpc) is 2.52. The van der Waals surface area contributed by atoms with Crippen LogP contribution in [0.5, 0.6) is 0 Å². The largest absolute Gasteiger partial charge is 0.444 e. The van der Waals surface area contributed by atoms with E-state index < -0.39 is 11.7 Å². The molecule has 1 fully saturated rings. The molecule has 1 aliphatic rings. The van der Waals surface area contributed by atoms with Crippen molar-refractivity contribution in [1.82, 2.24) is 15.2 Å². The molecule has 1 aromatic heterocycles. The van der Waals surface area contributed by atoms with Crippen molar-refractivity contribution in [2.24, 2.45) is 0 Å². The minimum atomic E-state index is -0.546. The minimum Gasteiger partial charge on any atom is -0.444 e. The normalized spacial score (nSPS) is 18.0. The summed E-state index contributed by atoms with van der Waals surface area (Å²) in [5.74, 6) is 0. The summed E-state index contributed by atoms with van der Waals surface area (Å²) < 4.78 is 5.38. The summed E-state index contributed by atoms with van der Waals surface area (Å²) in [6.45, 7) is 8.09. The van der Waals surface area contributed by atoms with E-state index in [-0.39, 0.29) is 12.1 Å². The number of halogens is 1. The van der Waals surface area contributed by atoms with Gasteiger partial charge in [-0.25, -0.2) is 9.78 Å². The summed E-state index contributed by atoms with van der Waals surface area (Å²) in [6, 6.07) is 3.39. The number of ether oxygens (including phenoxy) is 1. The number of nitrogens with one attached hydrogen (secondary N) is 1. The number of rotatable bonds is 5. The van der Waals surface area contributed by atoms with E-state index >= 15 is 0 Å². The van der Waals surface area contributed by atoms with Gasteiger partial charge in [-0.05, 0) is 51.7 Å². The molecule has 25 heavy (non-hydrogen) atoms. The fourth-order valence-corrected chi connectivity index (χ4v) is 2.93. The van der Waals surface area contributed by atoms with Gasteiger partial charge >= 0.3 is 6.09 Å². The SMILES string of the molecule is CC(C)(C)OC(=O)N[C@H](CCN1CCC(O)CC1)c1ccc(Cl)nc1. The van der Waals surface area contributed by atoms with Crippen LogP contribution in [0.1, 0.15) is 51.6 Å². The molecule has 1 aliphatic heterocycles. The molecule has 6 nitrogen and oxygen atoms in total. The van der Waals surface area contributed by atoms with E-state index in [1.807, 2.05) is 26.8 Å². The number of amides is 1. The summed E-state index contributed by atoms with van der Waals surface area (Å²) >= 11 is 5.87. The first-order valence-corrected chi connectivity index (χ1v) is 9.12. The zero-order valence-corrected chi connectivity index (χ0v) is 15.9. The van der Waals surface area contributed by atoms with Gasteiger partial charge in [-0.1, -0.05) is 17.7 Å². The number of aromatic nitrogens is 1. The van der Waals surface area contributed by atoms with Gasteiger partial charge in [0.15, 0.2) is 0 Å². The van der Waals surface area contributed by atoms with Crippen LogP contribution in [0, 0.1) is 0 Å². The van der Waals surface area contributed by atoms with Crippen LogP contribution in [0.2, 0.25) is 5.15 Å². The van der Waals surface area contributed by atoms with Gasteiger partial charge in [0.2, 0.25) is 0 Å². The highest BCUT2D eigenvalue weighted by Crippen LogP contribution is 2.20. The van der Waals surface area contributed by atoms with Crippen molar-refractivity contribution in [3.8, 4) is 0 Å². The fraction of sp³-hybridized carbons (Fsp3) is 0.667. The Morgan fingerprint density at radius 2 is 2.12 bits per heavy atom. The molecule has 2 heterocycles. The number of pyridine rings is 1. The molecule has 140 valence electrons. The van der Waals surface area contributed by atoms with Crippen LogP contribution in [0.4, 0.5) is 4.79 Å². The number of hydrogen-bond acceptors (Lipinski definition) is 5. The van der Waals surface area contributed by atoms with Crippen molar-refractivity contribution in [2.45, 2.75) is 57.8 Å². The van der Waals surface area contributed by atoms with E-state index in [0.717, 1.165) is 44.5 Å². The molecule has 1 atom stereocenters. The number of aliphatic hydroxyl groups excluding tert-OH is 1. The Morgan fingerprint density at radius 3 is 2.68 bits per heavy atom. The number of hydrogen-bond donors (Lipinski definition) is 2. The maximum absolute atomic E-state index is 12.2. The summed E-state index contributed by atoms with van der Waals surface area (Å²) in [4.78, 5) is 18.6. The lowest BCUT2D eigenvalue weighted by atomic mass is 10.0. The molecule has 0 saturated carbocycles. The van der Waals surface area contributed by atoms with E-state index in [0.29, 0.717) is 5.15 Å². The van der Waals surface area contributed by atoms with E-state index in [9.17, 15) is 9.90 Å². The van der Waals surface area contributed by atoms with Crippen molar-refractivity contribution in [2.75, 3.05) is 19.6 Å². The molecule has 0 aliphatic carbocycles. The minimum absolute atomic E-state index is 0.188. The molecule has 2 N–H and O–H groups in total. The first-order chi connectivity index (χ1) is 11.7. The van der Waals surface area contributed by atoms with Crippen LogP contribution >= 0.6 is 11.6 Å². The smallest absolute Gasteiger partial charge is 0.408 e. The number of piperidine rings is 1. The second kappa shape index (κ2) is 8.83. The van der Waals surface area contributed by atoms with Crippen LogP contribution in [0.3, 0.4) is 0 Å². The Hall–Kier alpha value is -1.37.